The van der Waals surface area contributed by atoms with Crippen LogP contribution < -0.4 is 0 Å². The van der Waals surface area contributed by atoms with Crippen LogP contribution in [0.15, 0.2) is 60.7 Å². The zero-order valence-corrected chi connectivity index (χ0v) is 14.4. The minimum atomic E-state index is 0.219. The highest BCUT2D eigenvalue weighted by Crippen LogP contribution is 2.41. The number of rotatable bonds is 5. The maximum absolute atomic E-state index is 5.51. The van der Waals surface area contributed by atoms with E-state index in [1.54, 1.807) is 0 Å². The molecule has 0 spiro atoms. The van der Waals surface area contributed by atoms with Crippen molar-refractivity contribution in [3.63, 3.8) is 0 Å². The number of methoxy groups -OCH3 is 1. The normalized spacial score (nSPS) is 25.1. The third kappa shape index (κ3) is 3.34. The van der Waals surface area contributed by atoms with Crippen molar-refractivity contribution in [3.05, 3.63) is 71.8 Å². The molecule has 0 saturated carbocycles. The Balaban J connectivity index is 1.94. The first-order valence-corrected chi connectivity index (χ1v) is 8.47. The highest BCUT2D eigenvalue weighted by molar-refractivity contribution is 5.32. The Kier molecular flexibility index (Phi) is 4.84. The van der Waals surface area contributed by atoms with Crippen molar-refractivity contribution in [2.75, 3.05) is 26.8 Å². The summed E-state index contributed by atoms with van der Waals surface area (Å²) in [4.78, 5) is 2.62. The number of likely N-dealkylation sites (tertiary alicyclic amines) is 1. The third-order valence-corrected chi connectivity index (χ3v) is 5.33. The van der Waals surface area contributed by atoms with Crippen LogP contribution in [0.3, 0.4) is 0 Å². The van der Waals surface area contributed by atoms with E-state index < -0.39 is 0 Å². The number of hydrogen-bond donors (Lipinski definition) is 0. The van der Waals surface area contributed by atoms with Crippen LogP contribution >= 0.6 is 0 Å². The van der Waals surface area contributed by atoms with Crippen molar-refractivity contribution >= 4 is 0 Å². The van der Waals surface area contributed by atoms with Crippen LogP contribution in [0.2, 0.25) is 0 Å². The Morgan fingerprint density at radius 2 is 1.57 bits per heavy atom. The van der Waals surface area contributed by atoms with Gasteiger partial charge in [-0.05, 0) is 17.0 Å². The maximum atomic E-state index is 5.51. The molecule has 2 nitrogen and oxygen atoms in total. The van der Waals surface area contributed by atoms with Crippen molar-refractivity contribution in [2.45, 2.75) is 19.9 Å². The lowest BCUT2D eigenvalue weighted by atomic mass is 9.82. The zero-order valence-electron chi connectivity index (χ0n) is 14.4. The van der Waals surface area contributed by atoms with Gasteiger partial charge in [-0.2, -0.15) is 0 Å². The Labute approximate surface area is 140 Å². The summed E-state index contributed by atoms with van der Waals surface area (Å²) in [6.45, 7) is 7.70. The Hall–Kier alpha value is -1.64. The van der Waals surface area contributed by atoms with Crippen LogP contribution in [0, 0.1) is 11.3 Å². The molecule has 0 aromatic heterocycles. The summed E-state index contributed by atoms with van der Waals surface area (Å²) in [7, 11) is 1.81. The quantitative estimate of drug-likeness (QED) is 0.812. The van der Waals surface area contributed by atoms with Crippen LogP contribution in [0.5, 0.6) is 0 Å². The first-order chi connectivity index (χ1) is 11.1. The molecule has 2 heteroatoms. The van der Waals surface area contributed by atoms with E-state index in [0.29, 0.717) is 12.0 Å². The fourth-order valence-corrected chi connectivity index (χ4v) is 3.86. The molecule has 1 aliphatic rings. The second kappa shape index (κ2) is 6.86. The van der Waals surface area contributed by atoms with Crippen molar-refractivity contribution in [1.82, 2.24) is 4.90 Å². The van der Waals surface area contributed by atoms with E-state index in [9.17, 15) is 0 Å². The monoisotopic (exact) mass is 309 g/mol. The Bertz CT molecular complexity index is 573. The summed E-state index contributed by atoms with van der Waals surface area (Å²) in [6.07, 6.45) is 0. The van der Waals surface area contributed by atoms with Gasteiger partial charge in [-0.25, -0.2) is 0 Å². The number of nitrogens with zero attached hydrogens (tertiary/aromatic N) is 1. The molecule has 1 saturated heterocycles. The molecular formula is C21H27NO. The van der Waals surface area contributed by atoms with Gasteiger partial charge in [0.25, 0.3) is 0 Å². The SMILES string of the molecule is COC[C@@]1(C)CN(C(c2ccccc2)c2ccccc2)C[C@H]1C. The minimum Gasteiger partial charge on any atom is -0.384 e. The third-order valence-electron chi connectivity index (χ3n) is 5.33. The molecule has 2 atom stereocenters. The van der Waals surface area contributed by atoms with Crippen molar-refractivity contribution in [2.24, 2.45) is 11.3 Å². The minimum absolute atomic E-state index is 0.219. The van der Waals surface area contributed by atoms with Gasteiger partial charge >= 0.3 is 0 Å². The number of hydrogen-bond acceptors (Lipinski definition) is 2. The van der Waals surface area contributed by atoms with E-state index in [1.165, 1.54) is 11.1 Å². The van der Waals surface area contributed by atoms with Gasteiger partial charge in [0, 0.05) is 25.6 Å². The van der Waals surface area contributed by atoms with Crippen LogP contribution in [0.4, 0.5) is 0 Å². The topological polar surface area (TPSA) is 12.5 Å². The van der Waals surface area contributed by atoms with Gasteiger partial charge < -0.3 is 4.74 Å². The van der Waals surface area contributed by atoms with E-state index in [2.05, 4.69) is 79.4 Å². The van der Waals surface area contributed by atoms with E-state index in [4.69, 9.17) is 4.74 Å². The van der Waals surface area contributed by atoms with Gasteiger partial charge in [0.1, 0.15) is 0 Å². The first kappa shape index (κ1) is 16.2. The largest absolute Gasteiger partial charge is 0.384 e. The van der Waals surface area contributed by atoms with Gasteiger partial charge in [-0.1, -0.05) is 74.5 Å². The molecule has 0 radical (unpaired) electrons. The van der Waals surface area contributed by atoms with E-state index in [1.807, 2.05) is 7.11 Å². The fraction of sp³-hybridized carbons (Fsp3) is 0.429. The molecule has 0 N–H and O–H groups in total. The molecule has 122 valence electrons. The van der Waals surface area contributed by atoms with Crippen LogP contribution in [0.1, 0.15) is 31.0 Å². The maximum Gasteiger partial charge on any atom is 0.0602 e. The second-order valence-electron chi connectivity index (χ2n) is 7.14. The molecule has 0 unspecified atom stereocenters. The van der Waals surface area contributed by atoms with Crippen LogP contribution in [-0.4, -0.2) is 31.7 Å². The van der Waals surface area contributed by atoms with Crippen molar-refractivity contribution in [1.29, 1.82) is 0 Å². The summed E-state index contributed by atoms with van der Waals surface area (Å²) < 4.78 is 5.51. The highest BCUT2D eigenvalue weighted by Gasteiger charge is 2.43. The molecule has 1 aliphatic heterocycles. The standard InChI is InChI=1S/C21H27NO/c1-17-14-22(15-21(17,2)16-23-3)20(18-10-6-4-7-11-18)19-12-8-5-9-13-19/h4-13,17,20H,14-16H2,1-3H3/t17-,21-/m1/s1. The Morgan fingerprint density at radius 1 is 1.04 bits per heavy atom. The average Bonchev–Trinajstić information content (AvgIpc) is 2.85. The van der Waals surface area contributed by atoms with Crippen LogP contribution in [-0.2, 0) is 4.74 Å². The molecule has 0 amide bonds. The lowest BCUT2D eigenvalue weighted by molar-refractivity contribution is 0.0730. The predicted molar refractivity (Wildman–Crippen MR) is 95.4 cm³/mol. The molecule has 2 aromatic rings. The lowest BCUT2D eigenvalue weighted by Gasteiger charge is -2.31. The number of ether oxygens (including phenoxy) is 1. The van der Waals surface area contributed by atoms with Crippen molar-refractivity contribution in [3.8, 4) is 0 Å². The molecule has 3 rings (SSSR count). The molecule has 1 fully saturated rings. The average molecular weight is 309 g/mol. The van der Waals surface area contributed by atoms with E-state index in [-0.39, 0.29) is 5.41 Å². The van der Waals surface area contributed by atoms with Gasteiger partial charge in [0.2, 0.25) is 0 Å². The number of benzene rings is 2. The zero-order chi connectivity index (χ0) is 16.3. The van der Waals surface area contributed by atoms with E-state index >= 15 is 0 Å². The predicted octanol–water partition coefficient (Wildman–Crippen LogP) is 4.38. The second-order valence-corrected chi connectivity index (χ2v) is 7.14. The van der Waals surface area contributed by atoms with Gasteiger partial charge in [-0.3, -0.25) is 4.90 Å². The molecule has 0 aliphatic carbocycles. The lowest BCUT2D eigenvalue weighted by Crippen LogP contribution is -2.32. The summed E-state index contributed by atoms with van der Waals surface area (Å²) in [5.41, 5.74) is 2.96. The molecular weight excluding hydrogens is 282 g/mol. The highest BCUT2D eigenvalue weighted by atomic mass is 16.5. The van der Waals surface area contributed by atoms with Gasteiger partial charge in [0.15, 0.2) is 0 Å². The summed E-state index contributed by atoms with van der Waals surface area (Å²) in [5, 5.41) is 0. The van der Waals surface area contributed by atoms with Gasteiger partial charge in [0.05, 0.1) is 12.6 Å². The molecule has 0 bridgehead atoms. The summed E-state index contributed by atoms with van der Waals surface area (Å²) in [6, 6.07) is 22.0. The molecule has 2 aromatic carbocycles. The molecule has 1 heterocycles. The van der Waals surface area contributed by atoms with E-state index in [0.717, 1.165) is 19.7 Å². The van der Waals surface area contributed by atoms with Crippen molar-refractivity contribution < 1.29 is 4.74 Å². The summed E-state index contributed by atoms with van der Waals surface area (Å²) >= 11 is 0. The van der Waals surface area contributed by atoms with Gasteiger partial charge in [-0.15, -0.1) is 0 Å². The molecule has 23 heavy (non-hydrogen) atoms. The first-order valence-electron chi connectivity index (χ1n) is 8.47. The Morgan fingerprint density at radius 3 is 2.04 bits per heavy atom. The van der Waals surface area contributed by atoms with Crippen LogP contribution in [0.25, 0.3) is 0 Å². The summed E-state index contributed by atoms with van der Waals surface area (Å²) in [5.74, 6) is 0.623. The smallest absolute Gasteiger partial charge is 0.0602 e. The fourth-order valence-electron chi connectivity index (χ4n) is 3.86.